The summed E-state index contributed by atoms with van der Waals surface area (Å²) in [7, 11) is 1.59. The van der Waals surface area contributed by atoms with Gasteiger partial charge >= 0.3 is 0 Å². The van der Waals surface area contributed by atoms with Crippen LogP contribution in [0.5, 0.6) is 5.75 Å². The molecule has 2 heterocycles. The zero-order valence-corrected chi connectivity index (χ0v) is 15.1. The summed E-state index contributed by atoms with van der Waals surface area (Å²) in [5.74, 6) is 0.739. The molecule has 0 bridgehead atoms. The third-order valence-corrected chi connectivity index (χ3v) is 4.77. The normalized spacial score (nSPS) is 16.8. The van der Waals surface area contributed by atoms with Gasteiger partial charge in [-0.3, -0.25) is 4.79 Å². The molecule has 4 rings (SSSR count). The van der Waals surface area contributed by atoms with Crippen LogP contribution in [0.25, 0.3) is 11.5 Å². The molecular weight excluding hydrogens is 373 g/mol. The van der Waals surface area contributed by atoms with E-state index in [2.05, 4.69) is 10.1 Å². The second kappa shape index (κ2) is 7.00. The van der Waals surface area contributed by atoms with Gasteiger partial charge in [0.1, 0.15) is 11.6 Å². The Hall–Kier alpha value is -2.93. The van der Waals surface area contributed by atoms with E-state index in [1.54, 1.807) is 24.1 Å². The van der Waals surface area contributed by atoms with E-state index < -0.39 is 5.82 Å². The maximum atomic E-state index is 13.4. The summed E-state index contributed by atoms with van der Waals surface area (Å²) in [4.78, 5) is 18.4. The number of halogens is 2. The standard InChI is InChI=1S/C19H15ClFN3O3/c1-26-14-5-2-11(3-6-14)19-22-18(23-27-19)12-8-17(25)24(10-12)13-4-7-16(21)15(20)9-13/h2-7,9,12H,8,10H2,1H3/t12-/m1/s1. The summed E-state index contributed by atoms with van der Waals surface area (Å²) in [6, 6.07) is 11.5. The first kappa shape index (κ1) is 17.5. The van der Waals surface area contributed by atoms with E-state index >= 15 is 0 Å². The molecule has 1 fully saturated rings. The third kappa shape index (κ3) is 3.38. The molecule has 1 saturated heterocycles. The molecule has 1 aliphatic rings. The highest BCUT2D eigenvalue weighted by Gasteiger charge is 2.34. The van der Waals surface area contributed by atoms with E-state index in [1.807, 2.05) is 12.1 Å². The molecule has 0 radical (unpaired) electrons. The zero-order chi connectivity index (χ0) is 19.0. The zero-order valence-electron chi connectivity index (χ0n) is 14.4. The predicted molar refractivity (Wildman–Crippen MR) is 97.4 cm³/mol. The number of carbonyl (C=O) groups excluding carboxylic acids is 1. The molecule has 1 aliphatic heterocycles. The van der Waals surface area contributed by atoms with Gasteiger partial charge in [-0.1, -0.05) is 16.8 Å². The van der Waals surface area contributed by atoms with Gasteiger partial charge in [0, 0.05) is 30.1 Å². The van der Waals surface area contributed by atoms with Gasteiger partial charge in [-0.25, -0.2) is 4.39 Å². The van der Waals surface area contributed by atoms with Crippen LogP contribution in [-0.4, -0.2) is 29.7 Å². The van der Waals surface area contributed by atoms with Crippen LogP contribution < -0.4 is 9.64 Å². The number of rotatable bonds is 4. The van der Waals surface area contributed by atoms with Gasteiger partial charge in [-0.15, -0.1) is 0 Å². The van der Waals surface area contributed by atoms with Crippen LogP contribution in [-0.2, 0) is 4.79 Å². The Morgan fingerprint density at radius 2 is 2.04 bits per heavy atom. The molecular formula is C19H15ClFN3O3. The van der Waals surface area contributed by atoms with E-state index in [0.29, 0.717) is 23.9 Å². The molecule has 138 valence electrons. The van der Waals surface area contributed by atoms with Gasteiger partial charge in [0.2, 0.25) is 5.91 Å². The van der Waals surface area contributed by atoms with Crippen LogP contribution in [0.4, 0.5) is 10.1 Å². The first-order chi connectivity index (χ1) is 13.0. The van der Waals surface area contributed by atoms with E-state index in [-0.39, 0.29) is 23.3 Å². The van der Waals surface area contributed by atoms with Crippen LogP contribution in [0, 0.1) is 5.82 Å². The Kier molecular flexibility index (Phi) is 4.53. The Bertz CT molecular complexity index is 990. The summed E-state index contributed by atoms with van der Waals surface area (Å²) < 4.78 is 23.8. The maximum absolute atomic E-state index is 13.4. The molecule has 8 heteroatoms. The molecule has 2 aromatic carbocycles. The molecule has 1 amide bonds. The number of carbonyl (C=O) groups is 1. The van der Waals surface area contributed by atoms with Crippen molar-refractivity contribution in [2.24, 2.45) is 0 Å². The van der Waals surface area contributed by atoms with Crippen LogP contribution in [0.3, 0.4) is 0 Å². The smallest absolute Gasteiger partial charge is 0.257 e. The van der Waals surface area contributed by atoms with Crippen molar-refractivity contribution >= 4 is 23.2 Å². The fourth-order valence-electron chi connectivity index (χ4n) is 3.03. The molecule has 1 aromatic heterocycles. The van der Waals surface area contributed by atoms with Gasteiger partial charge in [0.15, 0.2) is 5.82 Å². The minimum absolute atomic E-state index is 0.0231. The Labute approximate surface area is 159 Å². The minimum Gasteiger partial charge on any atom is -0.497 e. The van der Waals surface area contributed by atoms with Crippen molar-refractivity contribution in [1.29, 1.82) is 0 Å². The number of amides is 1. The second-order valence-corrected chi connectivity index (χ2v) is 6.60. The molecule has 3 aromatic rings. The summed E-state index contributed by atoms with van der Waals surface area (Å²) >= 11 is 5.82. The second-order valence-electron chi connectivity index (χ2n) is 6.19. The van der Waals surface area contributed by atoms with E-state index in [0.717, 1.165) is 11.3 Å². The number of nitrogens with zero attached hydrogens (tertiary/aromatic N) is 3. The number of hydrogen-bond donors (Lipinski definition) is 0. The summed E-state index contributed by atoms with van der Waals surface area (Å²) in [6.07, 6.45) is 0.247. The lowest BCUT2D eigenvalue weighted by atomic mass is 10.1. The molecule has 0 unspecified atom stereocenters. The average Bonchev–Trinajstić information content (AvgIpc) is 3.31. The van der Waals surface area contributed by atoms with Crippen molar-refractivity contribution in [3.8, 4) is 17.2 Å². The number of hydrogen-bond acceptors (Lipinski definition) is 5. The SMILES string of the molecule is COc1ccc(-c2nc([C@@H]3CC(=O)N(c4ccc(F)c(Cl)c4)C3)no2)cc1. The fourth-order valence-corrected chi connectivity index (χ4v) is 3.21. The van der Waals surface area contributed by atoms with Crippen molar-refractivity contribution in [1.82, 2.24) is 10.1 Å². The van der Waals surface area contributed by atoms with Crippen molar-refractivity contribution in [3.63, 3.8) is 0 Å². The first-order valence-corrected chi connectivity index (χ1v) is 8.66. The molecule has 1 atom stereocenters. The number of benzene rings is 2. The molecule has 0 aliphatic carbocycles. The number of ether oxygens (including phenoxy) is 1. The predicted octanol–water partition coefficient (Wildman–Crippen LogP) is 4.06. The largest absolute Gasteiger partial charge is 0.497 e. The Morgan fingerprint density at radius 1 is 1.26 bits per heavy atom. The van der Waals surface area contributed by atoms with Gasteiger partial charge in [-0.05, 0) is 42.5 Å². The molecule has 27 heavy (non-hydrogen) atoms. The lowest BCUT2D eigenvalue weighted by molar-refractivity contribution is -0.117. The van der Waals surface area contributed by atoms with Crippen molar-refractivity contribution in [3.05, 3.63) is 59.1 Å². The fraction of sp³-hybridized carbons (Fsp3) is 0.211. The first-order valence-electron chi connectivity index (χ1n) is 8.28. The minimum atomic E-state index is -0.522. The summed E-state index contributed by atoms with van der Waals surface area (Å²) in [5, 5.41) is 4.01. The third-order valence-electron chi connectivity index (χ3n) is 4.48. The highest BCUT2D eigenvalue weighted by atomic mass is 35.5. The molecule has 0 saturated carbocycles. The topological polar surface area (TPSA) is 68.5 Å². The van der Waals surface area contributed by atoms with Crippen molar-refractivity contribution < 1.29 is 18.4 Å². The monoisotopic (exact) mass is 387 g/mol. The van der Waals surface area contributed by atoms with Crippen molar-refractivity contribution in [2.45, 2.75) is 12.3 Å². The van der Waals surface area contributed by atoms with Crippen LogP contribution in [0.2, 0.25) is 5.02 Å². The molecule has 0 spiro atoms. The number of aromatic nitrogens is 2. The summed E-state index contributed by atoms with van der Waals surface area (Å²) in [6.45, 7) is 0.377. The van der Waals surface area contributed by atoms with Crippen LogP contribution >= 0.6 is 11.6 Å². The van der Waals surface area contributed by atoms with E-state index in [1.165, 1.54) is 18.2 Å². The lowest BCUT2D eigenvalue weighted by Gasteiger charge is -2.16. The van der Waals surface area contributed by atoms with Gasteiger partial charge < -0.3 is 14.2 Å². The quantitative estimate of drug-likeness (QED) is 0.675. The maximum Gasteiger partial charge on any atom is 0.257 e. The van der Waals surface area contributed by atoms with Gasteiger partial charge in [0.25, 0.3) is 5.89 Å². The van der Waals surface area contributed by atoms with Crippen LogP contribution in [0.15, 0.2) is 47.0 Å². The lowest BCUT2D eigenvalue weighted by Crippen LogP contribution is -2.24. The van der Waals surface area contributed by atoms with Gasteiger partial charge in [0.05, 0.1) is 12.1 Å². The highest BCUT2D eigenvalue weighted by molar-refractivity contribution is 6.31. The average molecular weight is 388 g/mol. The summed E-state index contributed by atoms with van der Waals surface area (Å²) in [5.41, 5.74) is 1.31. The Balaban J connectivity index is 1.53. The van der Waals surface area contributed by atoms with E-state index in [4.69, 9.17) is 20.9 Å². The highest BCUT2D eigenvalue weighted by Crippen LogP contribution is 2.33. The number of anilines is 1. The Morgan fingerprint density at radius 3 is 2.74 bits per heavy atom. The van der Waals surface area contributed by atoms with Crippen LogP contribution in [0.1, 0.15) is 18.2 Å². The van der Waals surface area contributed by atoms with Gasteiger partial charge in [-0.2, -0.15) is 4.98 Å². The number of methoxy groups -OCH3 is 1. The van der Waals surface area contributed by atoms with Crippen molar-refractivity contribution in [2.75, 3.05) is 18.6 Å². The van der Waals surface area contributed by atoms with E-state index in [9.17, 15) is 9.18 Å². The molecule has 6 nitrogen and oxygen atoms in total. The molecule has 0 N–H and O–H groups in total.